The number of hydrogen-bond acceptors (Lipinski definition) is 1. The van der Waals surface area contributed by atoms with Crippen molar-refractivity contribution in [3.8, 4) is 0 Å². The Morgan fingerprint density at radius 2 is 2.11 bits per heavy atom. The summed E-state index contributed by atoms with van der Waals surface area (Å²) in [7, 11) is 0. The Labute approximate surface area is 52.7 Å². The van der Waals surface area contributed by atoms with E-state index in [0.717, 1.165) is 0 Å². The van der Waals surface area contributed by atoms with Gasteiger partial charge in [-0.15, -0.1) is 0 Å². The molecule has 0 bridgehead atoms. The second kappa shape index (κ2) is 2.21. The second-order valence-corrected chi connectivity index (χ2v) is 2.53. The van der Waals surface area contributed by atoms with Crippen LogP contribution in [0.1, 0.15) is 25.7 Å². The highest BCUT2D eigenvalue weighted by molar-refractivity contribution is 4.80. The van der Waals surface area contributed by atoms with E-state index in [1.165, 1.54) is 0 Å². The molecular formula is C6H10F2O. The van der Waals surface area contributed by atoms with Crippen LogP contribution in [0.2, 0.25) is 0 Å². The molecule has 0 aromatic heterocycles. The van der Waals surface area contributed by atoms with Gasteiger partial charge in [-0.2, -0.15) is 0 Å². The largest absolute Gasteiger partial charge is 0.360 e. The summed E-state index contributed by atoms with van der Waals surface area (Å²) >= 11 is 0. The van der Waals surface area contributed by atoms with Gasteiger partial charge in [0.05, 0.1) is 0 Å². The summed E-state index contributed by atoms with van der Waals surface area (Å²) in [4.78, 5) is 0. The first-order chi connectivity index (χ1) is 4.13. The van der Waals surface area contributed by atoms with Crippen LogP contribution in [0.25, 0.3) is 0 Å². The zero-order valence-electron chi connectivity index (χ0n) is 5.11. The molecule has 1 saturated carbocycles. The summed E-state index contributed by atoms with van der Waals surface area (Å²) < 4.78 is 24.8. The Hall–Kier alpha value is -0.180. The van der Waals surface area contributed by atoms with Gasteiger partial charge in [-0.05, 0) is 12.8 Å². The molecule has 1 fully saturated rings. The quantitative estimate of drug-likeness (QED) is 0.535. The number of rotatable bonds is 0. The molecular weight excluding hydrogens is 126 g/mol. The van der Waals surface area contributed by atoms with Gasteiger partial charge >= 0.3 is 0 Å². The minimum Gasteiger partial charge on any atom is -0.360 e. The lowest BCUT2D eigenvalue weighted by molar-refractivity contribution is -0.162. The lowest BCUT2D eigenvalue weighted by atomic mass is 9.94. The molecule has 54 valence electrons. The van der Waals surface area contributed by atoms with Crippen LogP contribution in [0, 0.1) is 0 Å². The predicted molar refractivity (Wildman–Crippen MR) is 29.4 cm³/mol. The molecule has 0 radical (unpaired) electrons. The van der Waals surface area contributed by atoms with E-state index in [4.69, 9.17) is 5.11 Å². The van der Waals surface area contributed by atoms with Crippen molar-refractivity contribution in [3.05, 3.63) is 0 Å². The van der Waals surface area contributed by atoms with Gasteiger partial charge in [-0.3, -0.25) is 0 Å². The number of alkyl halides is 2. The molecule has 1 aliphatic rings. The van der Waals surface area contributed by atoms with Crippen LogP contribution in [-0.4, -0.2) is 17.1 Å². The average molecular weight is 136 g/mol. The van der Waals surface area contributed by atoms with Crippen molar-refractivity contribution in [2.24, 2.45) is 0 Å². The number of aliphatic hydroxyl groups is 1. The van der Waals surface area contributed by atoms with Gasteiger partial charge in [-0.25, -0.2) is 8.78 Å². The molecule has 3 heteroatoms. The van der Waals surface area contributed by atoms with E-state index < -0.39 is 12.0 Å². The first kappa shape index (κ1) is 6.93. The first-order valence-corrected chi connectivity index (χ1v) is 3.18. The van der Waals surface area contributed by atoms with E-state index in [1.54, 1.807) is 0 Å². The Morgan fingerprint density at radius 1 is 1.44 bits per heavy atom. The highest BCUT2D eigenvalue weighted by Crippen LogP contribution is 2.31. The van der Waals surface area contributed by atoms with E-state index in [2.05, 4.69) is 0 Å². The van der Waals surface area contributed by atoms with E-state index in [9.17, 15) is 8.78 Å². The maximum atomic E-state index is 12.4. The molecule has 0 aromatic carbocycles. The van der Waals surface area contributed by atoms with Crippen molar-refractivity contribution in [2.75, 3.05) is 0 Å². The third-order valence-corrected chi connectivity index (χ3v) is 1.71. The Kier molecular flexibility index (Phi) is 1.70. The molecule has 1 aliphatic carbocycles. The van der Waals surface area contributed by atoms with Crippen molar-refractivity contribution in [2.45, 2.75) is 37.7 Å². The smallest absolute Gasteiger partial charge is 0.238 e. The summed E-state index contributed by atoms with van der Waals surface area (Å²) in [5, 5.41) is 8.60. The summed E-state index contributed by atoms with van der Waals surface area (Å²) in [6.07, 6.45) is -0.270. The molecule has 0 saturated heterocycles. The fraction of sp³-hybridized carbons (Fsp3) is 1.00. The molecule has 1 rings (SSSR count). The SMILES string of the molecule is OC1(F)CCCCC1F. The molecule has 2 unspecified atom stereocenters. The third kappa shape index (κ3) is 1.39. The Balaban J connectivity index is 2.49. The normalized spacial score (nSPS) is 45.0. The summed E-state index contributed by atoms with van der Waals surface area (Å²) in [6, 6.07) is 0. The zero-order valence-corrected chi connectivity index (χ0v) is 5.11. The Bertz CT molecular complexity index is 103. The van der Waals surface area contributed by atoms with Gasteiger partial charge < -0.3 is 5.11 Å². The fourth-order valence-corrected chi connectivity index (χ4v) is 1.07. The minimum atomic E-state index is -2.53. The zero-order chi connectivity index (χ0) is 6.91. The molecule has 1 nitrogen and oxygen atoms in total. The second-order valence-electron chi connectivity index (χ2n) is 2.53. The Morgan fingerprint density at radius 3 is 2.44 bits per heavy atom. The summed E-state index contributed by atoms with van der Waals surface area (Å²) in [5.41, 5.74) is 0. The van der Waals surface area contributed by atoms with Gasteiger partial charge in [0.25, 0.3) is 0 Å². The molecule has 0 amide bonds. The van der Waals surface area contributed by atoms with Gasteiger partial charge in [0.15, 0.2) is 6.17 Å². The van der Waals surface area contributed by atoms with Crippen molar-refractivity contribution in [1.82, 2.24) is 0 Å². The van der Waals surface area contributed by atoms with E-state index in [0.29, 0.717) is 12.8 Å². The number of hydrogen-bond donors (Lipinski definition) is 1. The van der Waals surface area contributed by atoms with Crippen molar-refractivity contribution in [3.63, 3.8) is 0 Å². The molecule has 9 heavy (non-hydrogen) atoms. The van der Waals surface area contributed by atoms with Gasteiger partial charge in [-0.1, -0.05) is 6.42 Å². The van der Waals surface area contributed by atoms with Gasteiger partial charge in [0, 0.05) is 6.42 Å². The average Bonchev–Trinajstić information content (AvgIpc) is 1.77. The maximum Gasteiger partial charge on any atom is 0.238 e. The molecule has 0 spiro atoms. The fourth-order valence-electron chi connectivity index (χ4n) is 1.07. The molecule has 2 atom stereocenters. The molecule has 0 aromatic rings. The minimum absolute atomic E-state index is 0.0475. The van der Waals surface area contributed by atoms with Gasteiger partial charge in [0.2, 0.25) is 5.85 Å². The standard InChI is InChI=1S/C6H10F2O/c7-5-3-1-2-4-6(5,8)9/h5,9H,1-4H2. The molecule has 0 aliphatic heterocycles. The lowest BCUT2D eigenvalue weighted by Gasteiger charge is -2.27. The van der Waals surface area contributed by atoms with Crippen LogP contribution in [0.15, 0.2) is 0 Å². The first-order valence-electron chi connectivity index (χ1n) is 3.18. The van der Waals surface area contributed by atoms with Crippen LogP contribution in [0.5, 0.6) is 0 Å². The van der Waals surface area contributed by atoms with E-state index in [1.807, 2.05) is 0 Å². The van der Waals surface area contributed by atoms with Crippen LogP contribution < -0.4 is 0 Å². The van der Waals surface area contributed by atoms with E-state index >= 15 is 0 Å². The summed E-state index contributed by atoms with van der Waals surface area (Å²) in [5.74, 6) is -2.53. The van der Waals surface area contributed by atoms with Crippen molar-refractivity contribution in [1.29, 1.82) is 0 Å². The highest BCUT2D eigenvalue weighted by Gasteiger charge is 2.39. The van der Waals surface area contributed by atoms with Crippen molar-refractivity contribution < 1.29 is 13.9 Å². The van der Waals surface area contributed by atoms with E-state index in [-0.39, 0.29) is 12.8 Å². The molecule has 0 heterocycles. The predicted octanol–water partition coefficient (Wildman–Crippen LogP) is 1.56. The van der Waals surface area contributed by atoms with Crippen LogP contribution in [0.3, 0.4) is 0 Å². The molecule has 1 N–H and O–H groups in total. The lowest BCUT2D eigenvalue weighted by Crippen LogP contribution is -2.37. The van der Waals surface area contributed by atoms with Crippen LogP contribution >= 0.6 is 0 Å². The highest BCUT2D eigenvalue weighted by atomic mass is 19.2. The van der Waals surface area contributed by atoms with Crippen LogP contribution in [0.4, 0.5) is 8.78 Å². The monoisotopic (exact) mass is 136 g/mol. The topological polar surface area (TPSA) is 20.2 Å². The maximum absolute atomic E-state index is 12.4. The summed E-state index contributed by atoms with van der Waals surface area (Å²) in [6.45, 7) is 0. The third-order valence-electron chi connectivity index (χ3n) is 1.71. The van der Waals surface area contributed by atoms with Gasteiger partial charge in [0.1, 0.15) is 0 Å². The van der Waals surface area contributed by atoms with Crippen molar-refractivity contribution >= 4 is 0 Å². The van der Waals surface area contributed by atoms with Crippen LogP contribution in [-0.2, 0) is 0 Å². The number of halogens is 2.